The lowest BCUT2D eigenvalue weighted by atomic mass is 10.0. The van der Waals surface area contributed by atoms with Gasteiger partial charge < -0.3 is 10.1 Å². The maximum absolute atomic E-state index is 5.41. The van der Waals surface area contributed by atoms with E-state index in [1.165, 1.54) is 0 Å². The highest BCUT2D eigenvalue weighted by Crippen LogP contribution is 2.26. The van der Waals surface area contributed by atoms with Crippen LogP contribution in [0.4, 0.5) is 0 Å². The summed E-state index contributed by atoms with van der Waals surface area (Å²) in [5.74, 6) is 1.74. The SMILES string of the molecule is CCCNC(Cc1ncnn1C)c1ccncc1OC. The van der Waals surface area contributed by atoms with Gasteiger partial charge in [-0.2, -0.15) is 5.10 Å². The highest BCUT2D eigenvalue weighted by molar-refractivity contribution is 5.33. The molecule has 0 aromatic carbocycles. The number of aryl methyl sites for hydroxylation is 1. The zero-order valence-electron chi connectivity index (χ0n) is 12.2. The van der Waals surface area contributed by atoms with Gasteiger partial charge in [0, 0.05) is 31.3 Å². The van der Waals surface area contributed by atoms with Crippen LogP contribution in [0.3, 0.4) is 0 Å². The molecule has 0 spiro atoms. The van der Waals surface area contributed by atoms with Gasteiger partial charge in [0.2, 0.25) is 0 Å². The molecular weight excluding hydrogens is 254 g/mol. The molecule has 0 saturated carbocycles. The summed E-state index contributed by atoms with van der Waals surface area (Å²) in [5, 5.41) is 7.66. The molecule has 2 rings (SSSR count). The van der Waals surface area contributed by atoms with Crippen molar-refractivity contribution in [1.29, 1.82) is 0 Å². The van der Waals surface area contributed by atoms with Crippen LogP contribution >= 0.6 is 0 Å². The minimum Gasteiger partial charge on any atom is -0.495 e. The number of aromatic nitrogens is 4. The first kappa shape index (κ1) is 14.5. The number of methoxy groups -OCH3 is 1. The van der Waals surface area contributed by atoms with Crippen molar-refractivity contribution in [3.63, 3.8) is 0 Å². The highest BCUT2D eigenvalue weighted by atomic mass is 16.5. The van der Waals surface area contributed by atoms with E-state index < -0.39 is 0 Å². The van der Waals surface area contributed by atoms with Crippen molar-refractivity contribution in [2.75, 3.05) is 13.7 Å². The normalized spacial score (nSPS) is 12.3. The molecule has 0 saturated heterocycles. The Bertz CT molecular complexity index is 540. The molecular formula is C14H21N5O. The maximum atomic E-state index is 5.41. The number of ether oxygens (including phenoxy) is 1. The molecule has 0 fully saturated rings. The zero-order chi connectivity index (χ0) is 14.4. The van der Waals surface area contributed by atoms with Gasteiger partial charge in [-0.1, -0.05) is 6.92 Å². The minimum absolute atomic E-state index is 0.135. The molecule has 0 aliphatic heterocycles. The van der Waals surface area contributed by atoms with Crippen molar-refractivity contribution in [3.8, 4) is 5.75 Å². The fourth-order valence-electron chi connectivity index (χ4n) is 2.15. The van der Waals surface area contributed by atoms with Crippen LogP contribution in [0.25, 0.3) is 0 Å². The Morgan fingerprint density at radius 2 is 2.30 bits per heavy atom. The highest BCUT2D eigenvalue weighted by Gasteiger charge is 2.18. The number of hydrogen-bond acceptors (Lipinski definition) is 5. The standard InChI is InChI=1S/C14H21N5O/c1-4-6-16-12(8-14-17-10-18-19(14)2)11-5-7-15-9-13(11)20-3/h5,7,9-10,12,16H,4,6,8H2,1-3H3. The predicted octanol–water partition coefficient (Wildman–Crippen LogP) is 1.50. The first-order chi connectivity index (χ1) is 9.76. The molecule has 1 atom stereocenters. The van der Waals surface area contributed by atoms with Crippen LogP contribution in [0.2, 0.25) is 0 Å². The molecule has 108 valence electrons. The Kier molecular flexibility index (Phi) is 5.06. The Morgan fingerprint density at radius 3 is 2.95 bits per heavy atom. The van der Waals surface area contributed by atoms with E-state index in [2.05, 4.69) is 27.3 Å². The van der Waals surface area contributed by atoms with Crippen molar-refractivity contribution in [1.82, 2.24) is 25.1 Å². The molecule has 1 unspecified atom stereocenters. The van der Waals surface area contributed by atoms with Gasteiger partial charge in [0.25, 0.3) is 0 Å². The van der Waals surface area contributed by atoms with E-state index in [-0.39, 0.29) is 6.04 Å². The van der Waals surface area contributed by atoms with E-state index in [1.807, 2.05) is 13.1 Å². The van der Waals surface area contributed by atoms with Crippen LogP contribution in [0.1, 0.15) is 30.8 Å². The summed E-state index contributed by atoms with van der Waals surface area (Å²) < 4.78 is 7.21. The Labute approximate surface area is 119 Å². The van der Waals surface area contributed by atoms with Gasteiger partial charge in [-0.25, -0.2) is 4.98 Å². The lowest BCUT2D eigenvalue weighted by Crippen LogP contribution is -2.25. The van der Waals surface area contributed by atoms with Crippen LogP contribution in [-0.2, 0) is 13.5 Å². The summed E-state index contributed by atoms with van der Waals surface area (Å²) in [7, 11) is 3.57. The summed E-state index contributed by atoms with van der Waals surface area (Å²) in [6, 6.07) is 2.12. The molecule has 0 amide bonds. The first-order valence-corrected chi connectivity index (χ1v) is 6.80. The molecule has 20 heavy (non-hydrogen) atoms. The van der Waals surface area contributed by atoms with Crippen molar-refractivity contribution in [2.24, 2.45) is 7.05 Å². The van der Waals surface area contributed by atoms with Crippen molar-refractivity contribution < 1.29 is 4.74 Å². The number of nitrogens with zero attached hydrogens (tertiary/aromatic N) is 4. The summed E-state index contributed by atoms with van der Waals surface area (Å²) in [5.41, 5.74) is 1.10. The number of nitrogens with one attached hydrogen (secondary N) is 1. The number of rotatable bonds is 7. The topological polar surface area (TPSA) is 64.9 Å². The summed E-state index contributed by atoms with van der Waals surface area (Å²) >= 11 is 0. The van der Waals surface area contributed by atoms with Gasteiger partial charge in [0.05, 0.1) is 13.3 Å². The molecule has 0 aliphatic rings. The number of hydrogen-bond donors (Lipinski definition) is 1. The molecule has 0 radical (unpaired) electrons. The second kappa shape index (κ2) is 7.00. The third kappa shape index (κ3) is 3.33. The quantitative estimate of drug-likeness (QED) is 0.829. The largest absolute Gasteiger partial charge is 0.495 e. The molecule has 1 N–H and O–H groups in total. The molecule has 0 aliphatic carbocycles. The third-order valence-corrected chi connectivity index (χ3v) is 3.24. The summed E-state index contributed by atoms with van der Waals surface area (Å²) in [6.45, 7) is 3.09. The van der Waals surface area contributed by atoms with E-state index in [0.29, 0.717) is 0 Å². The van der Waals surface area contributed by atoms with Gasteiger partial charge in [0.15, 0.2) is 0 Å². The van der Waals surface area contributed by atoms with E-state index >= 15 is 0 Å². The molecule has 2 aromatic heterocycles. The lowest BCUT2D eigenvalue weighted by Gasteiger charge is -2.20. The van der Waals surface area contributed by atoms with Crippen LogP contribution in [0, 0.1) is 0 Å². The Balaban J connectivity index is 2.24. The predicted molar refractivity (Wildman–Crippen MR) is 76.5 cm³/mol. The van der Waals surface area contributed by atoms with E-state index in [9.17, 15) is 0 Å². The van der Waals surface area contributed by atoms with E-state index in [0.717, 1.165) is 36.5 Å². The Morgan fingerprint density at radius 1 is 1.45 bits per heavy atom. The first-order valence-electron chi connectivity index (χ1n) is 6.80. The van der Waals surface area contributed by atoms with Gasteiger partial charge in [-0.15, -0.1) is 0 Å². The van der Waals surface area contributed by atoms with Crippen LogP contribution in [0.5, 0.6) is 5.75 Å². The lowest BCUT2D eigenvalue weighted by molar-refractivity contribution is 0.394. The third-order valence-electron chi connectivity index (χ3n) is 3.24. The van der Waals surface area contributed by atoms with Gasteiger partial charge in [0.1, 0.15) is 17.9 Å². The fraction of sp³-hybridized carbons (Fsp3) is 0.500. The second-order valence-corrected chi connectivity index (χ2v) is 4.63. The Hall–Kier alpha value is -1.95. The average molecular weight is 275 g/mol. The van der Waals surface area contributed by atoms with Gasteiger partial charge >= 0.3 is 0 Å². The summed E-state index contributed by atoms with van der Waals surface area (Å²) in [6.07, 6.45) is 6.94. The van der Waals surface area contributed by atoms with Crippen LogP contribution < -0.4 is 10.1 Å². The maximum Gasteiger partial charge on any atom is 0.141 e. The van der Waals surface area contributed by atoms with Crippen molar-refractivity contribution in [2.45, 2.75) is 25.8 Å². The van der Waals surface area contributed by atoms with Crippen LogP contribution in [0.15, 0.2) is 24.8 Å². The van der Waals surface area contributed by atoms with E-state index in [1.54, 1.807) is 30.5 Å². The van der Waals surface area contributed by atoms with Gasteiger partial charge in [-0.05, 0) is 19.0 Å². The van der Waals surface area contributed by atoms with Crippen LogP contribution in [-0.4, -0.2) is 33.4 Å². The minimum atomic E-state index is 0.135. The molecule has 0 bridgehead atoms. The van der Waals surface area contributed by atoms with Gasteiger partial charge in [-0.3, -0.25) is 9.67 Å². The molecule has 6 heteroatoms. The molecule has 2 aromatic rings. The van der Waals surface area contributed by atoms with E-state index in [4.69, 9.17) is 4.74 Å². The van der Waals surface area contributed by atoms with Crippen molar-refractivity contribution in [3.05, 3.63) is 36.2 Å². The average Bonchev–Trinajstić information content (AvgIpc) is 2.88. The monoisotopic (exact) mass is 275 g/mol. The smallest absolute Gasteiger partial charge is 0.141 e. The zero-order valence-corrected chi connectivity index (χ0v) is 12.2. The van der Waals surface area contributed by atoms with Crippen molar-refractivity contribution >= 4 is 0 Å². The molecule has 2 heterocycles. The second-order valence-electron chi connectivity index (χ2n) is 4.63. The fourth-order valence-corrected chi connectivity index (χ4v) is 2.15. The summed E-state index contributed by atoms with van der Waals surface area (Å²) in [4.78, 5) is 8.41. The molecule has 6 nitrogen and oxygen atoms in total. The number of pyridine rings is 1.